The summed E-state index contributed by atoms with van der Waals surface area (Å²) in [5.41, 5.74) is 0.445. The van der Waals surface area contributed by atoms with Gasteiger partial charge in [0.1, 0.15) is 11.4 Å². The number of terminal acetylenes is 1. The average Bonchev–Trinajstić information content (AvgIpc) is 3.18. The number of ketones is 1. The predicted octanol–water partition coefficient (Wildman–Crippen LogP) is 4.80. The first-order chi connectivity index (χ1) is 13.2. The lowest BCUT2D eigenvalue weighted by Crippen LogP contribution is -2.56. The molecular weight excluding hydrogens is 348 g/mol. The van der Waals surface area contributed by atoms with Crippen molar-refractivity contribution in [1.82, 2.24) is 0 Å². The van der Waals surface area contributed by atoms with Gasteiger partial charge in [-0.2, -0.15) is 0 Å². The number of carbonyl (C=O) groups is 1. The summed E-state index contributed by atoms with van der Waals surface area (Å²) in [7, 11) is 0. The molecule has 0 bridgehead atoms. The second-order valence-electron chi connectivity index (χ2n) is 10.7. The summed E-state index contributed by atoms with van der Waals surface area (Å²) in [6.45, 7) is 6.33. The molecule has 150 valence electrons. The number of furan rings is 1. The van der Waals surface area contributed by atoms with Crippen molar-refractivity contribution in [3.05, 3.63) is 23.2 Å². The van der Waals surface area contributed by atoms with Crippen LogP contribution in [0.25, 0.3) is 0 Å². The molecule has 0 amide bonds. The van der Waals surface area contributed by atoms with E-state index >= 15 is 0 Å². The van der Waals surface area contributed by atoms with E-state index in [2.05, 4.69) is 19.8 Å². The van der Waals surface area contributed by atoms with Gasteiger partial charge in [-0.1, -0.05) is 19.8 Å². The average molecular weight is 381 g/mol. The van der Waals surface area contributed by atoms with Crippen LogP contribution in [0, 0.1) is 46.8 Å². The molecule has 1 N–H and O–H groups in total. The third-order valence-electron chi connectivity index (χ3n) is 9.70. The molecule has 3 unspecified atom stereocenters. The van der Waals surface area contributed by atoms with Gasteiger partial charge in [-0.05, 0) is 85.7 Å². The molecule has 3 saturated carbocycles. The van der Waals surface area contributed by atoms with E-state index in [0.29, 0.717) is 29.4 Å². The Kier molecular flexibility index (Phi) is 3.80. The molecule has 5 rings (SSSR count). The number of fused-ring (bicyclic) bond motifs is 6. The molecule has 0 radical (unpaired) electrons. The highest BCUT2D eigenvalue weighted by Crippen LogP contribution is 2.67. The second kappa shape index (κ2) is 5.76. The summed E-state index contributed by atoms with van der Waals surface area (Å²) in [5, 5.41) is 11.1. The summed E-state index contributed by atoms with van der Waals surface area (Å²) >= 11 is 0. The first kappa shape index (κ1) is 18.5. The Morgan fingerprint density at radius 2 is 1.96 bits per heavy atom. The van der Waals surface area contributed by atoms with Crippen LogP contribution < -0.4 is 0 Å². The van der Waals surface area contributed by atoms with Crippen molar-refractivity contribution in [1.29, 1.82) is 0 Å². The highest BCUT2D eigenvalue weighted by atomic mass is 16.3. The minimum absolute atomic E-state index is 0.0216. The van der Waals surface area contributed by atoms with Gasteiger partial charge in [-0.3, -0.25) is 4.79 Å². The van der Waals surface area contributed by atoms with Crippen LogP contribution in [0.3, 0.4) is 0 Å². The van der Waals surface area contributed by atoms with Crippen molar-refractivity contribution in [2.24, 2.45) is 34.5 Å². The van der Waals surface area contributed by atoms with Gasteiger partial charge < -0.3 is 9.52 Å². The summed E-state index contributed by atoms with van der Waals surface area (Å²) in [6.07, 6.45) is 14.2. The third kappa shape index (κ3) is 2.19. The van der Waals surface area contributed by atoms with Crippen LogP contribution in [0.5, 0.6) is 0 Å². The van der Waals surface area contributed by atoms with E-state index in [4.69, 9.17) is 10.8 Å². The summed E-state index contributed by atoms with van der Waals surface area (Å²) in [6, 6.07) is 2.00. The standard InChI is InChI=1S/C25H32O3/c1-5-25(27)11-9-20-18-7-6-17-13-22-16(12-21(28-22)15(2)26)14-23(17,3)19(18)8-10-24(20,25)4/h1,12,17-20,27H,6-11,13-14H2,2-4H3/t17-,18?,19?,20?,23-,24-,25-/m0/s1. The first-order valence-electron chi connectivity index (χ1n) is 11.0. The molecule has 3 heteroatoms. The van der Waals surface area contributed by atoms with E-state index in [1.54, 1.807) is 6.92 Å². The molecule has 0 aliphatic heterocycles. The minimum atomic E-state index is -0.929. The van der Waals surface area contributed by atoms with Crippen LogP contribution in [-0.4, -0.2) is 16.5 Å². The number of hydrogen-bond donors (Lipinski definition) is 1. The fourth-order valence-electron chi connectivity index (χ4n) is 8.00. The molecule has 4 aliphatic rings. The molecule has 0 saturated heterocycles. The van der Waals surface area contributed by atoms with Crippen LogP contribution in [-0.2, 0) is 12.8 Å². The van der Waals surface area contributed by atoms with Gasteiger partial charge >= 0.3 is 0 Å². The quantitative estimate of drug-likeness (QED) is 0.562. The molecule has 3 fully saturated rings. The monoisotopic (exact) mass is 380 g/mol. The van der Waals surface area contributed by atoms with Crippen LogP contribution >= 0.6 is 0 Å². The van der Waals surface area contributed by atoms with Gasteiger partial charge in [0, 0.05) is 18.8 Å². The number of carbonyl (C=O) groups excluding carboxylic acids is 1. The lowest BCUT2D eigenvalue weighted by Gasteiger charge is -2.60. The molecule has 0 aromatic carbocycles. The van der Waals surface area contributed by atoms with Gasteiger partial charge in [0.05, 0.1) is 0 Å². The Morgan fingerprint density at radius 3 is 2.68 bits per heavy atom. The molecule has 3 nitrogen and oxygen atoms in total. The number of rotatable bonds is 1. The van der Waals surface area contributed by atoms with Crippen LogP contribution in [0.15, 0.2) is 10.5 Å². The molecule has 4 aliphatic carbocycles. The molecule has 0 spiro atoms. The molecule has 28 heavy (non-hydrogen) atoms. The van der Waals surface area contributed by atoms with Crippen LogP contribution in [0.2, 0.25) is 0 Å². The van der Waals surface area contributed by atoms with Gasteiger partial charge in [0.15, 0.2) is 11.5 Å². The topological polar surface area (TPSA) is 50.4 Å². The Balaban J connectivity index is 1.48. The predicted molar refractivity (Wildman–Crippen MR) is 108 cm³/mol. The fraction of sp³-hybridized carbons (Fsp3) is 0.720. The minimum Gasteiger partial charge on any atom is -0.458 e. The van der Waals surface area contributed by atoms with Crippen molar-refractivity contribution >= 4 is 5.78 Å². The van der Waals surface area contributed by atoms with Gasteiger partial charge in [0.2, 0.25) is 0 Å². The summed E-state index contributed by atoms with van der Waals surface area (Å²) in [4.78, 5) is 11.8. The number of aliphatic hydroxyl groups is 1. The zero-order valence-electron chi connectivity index (χ0n) is 17.4. The van der Waals surface area contributed by atoms with Crippen molar-refractivity contribution in [3.63, 3.8) is 0 Å². The van der Waals surface area contributed by atoms with Crippen molar-refractivity contribution < 1.29 is 14.3 Å². The number of Topliss-reactive ketones (excluding diaryl/α,β-unsaturated/α-hetero) is 1. The number of hydrogen-bond acceptors (Lipinski definition) is 3. The van der Waals surface area contributed by atoms with Crippen LogP contribution in [0.1, 0.15) is 81.2 Å². The highest BCUT2D eigenvalue weighted by Gasteiger charge is 2.64. The van der Waals surface area contributed by atoms with Gasteiger partial charge in [0.25, 0.3) is 0 Å². The molecule has 1 aromatic heterocycles. The SMILES string of the molecule is C#C[C@]1(O)CCC2C3CC[C@H]4Cc5oc(C(C)=O)cc5C[C@]4(C)C3CC[C@@]21C. The first-order valence-corrected chi connectivity index (χ1v) is 11.0. The maximum atomic E-state index is 11.8. The Hall–Kier alpha value is -1.53. The van der Waals surface area contributed by atoms with E-state index in [-0.39, 0.29) is 16.6 Å². The Labute approximate surface area is 168 Å². The van der Waals surface area contributed by atoms with E-state index in [0.717, 1.165) is 44.3 Å². The Morgan fingerprint density at radius 1 is 1.21 bits per heavy atom. The normalized spacial score (nSPS) is 46.7. The smallest absolute Gasteiger partial charge is 0.194 e. The molecule has 1 heterocycles. The highest BCUT2D eigenvalue weighted by molar-refractivity contribution is 5.91. The zero-order chi connectivity index (χ0) is 19.9. The van der Waals surface area contributed by atoms with E-state index < -0.39 is 5.60 Å². The largest absolute Gasteiger partial charge is 0.458 e. The maximum absolute atomic E-state index is 11.8. The maximum Gasteiger partial charge on any atom is 0.194 e. The molecule has 1 aromatic rings. The van der Waals surface area contributed by atoms with Crippen molar-refractivity contribution in [2.45, 2.75) is 77.7 Å². The fourth-order valence-corrected chi connectivity index (χ4v) is 8.00. The summed E-state index contributed by atoms with van der Waals surface area (Å²) < 4.78 is 5.92. The van der Waals surface area contributed by atoms with E-state index in [1.165, 1.54) is 18.4 Å². The van der Waals surface area contributed by atoms with E-state index in [1.807, 2.05) is 6.07 Å². The summed E-state index contributed by atoms with van der Waals surface area (Å²) in [5.74, 6) is 6.86. The Bertz CT molecular complexity index is 875. The lowest BCUT2D eigenvalue weighted by molar-refractivity contribution is -0.128. The molecular formula is C25H32O3. The third-order valence-corrected chi connectivity index (χ3v) is 9.70. The van der Waals surface area contributed by atoms with Crippen molar-refractivity contribution in [3.8, 4) is 12.3 Å². The second-order valence-corrected chi connectivity index (χ2v) is 10.7. The van der Waals surface area contributed by atoms with Gasteiger partial charge in [-0.25, -0.2) is 0 Å². The van der Waals surface area contributed by atoms with E-state index in [9.17, 15) is 9.90 Å². The molecule has 7 atom stereocenters. The zero-order valence-corrected chi connectivity index (χ0v) is 17.4. The lowest BCUT2D eigenvalue weighted by atomic mass is 9.44. The van der Waals surface area contributed by atoms with Crippen LogP contribution in [0.4, 0.5) is 0 Å². The van der Waals surface area contributed by atoms with Crippen molar-refractivity contribution in [2.75, 3.05) is 0 Å². The van der Waals surface area contributed by atoms with Gasteiger partial charge in [-0.15, -0.1) is 6.42 Å².